The molecule has 2 aliphatic heterocycles. The molecule has 0 bridgehead atoms. The number of hydrogen-bond acceptors (Lipinski definition) is 3. The smallest absolute Gasteiger partial charge is 0.245 e. The highest BCUT2D eigenvalue weighted by molar-refractivity contribution is 7.89. The van der Waals surface area contributed by atoms with E-state index in [0.717, 1.165) is 13.1 Å². The third kappa shape index (κ3) is 1.99. The maximum atomic E-state index is 12.9. The van der Waals surface area contributed by atoms with Gasteiger partial charge in [0, 0.05) is 18.6 Å². The average Bonchev–Trinajstić information content (AvgIpc) is 2.92. The molecule has 0 aromatic heterocycles. The number of benzene rings is 1. The zero-order chi connectivity index (χ0) is 14.5. The van der Waals surface area contributed by atoms with Crippen LogP contribution in [0.25, 0.3) is 0 Å². The van der Waals surface area contributed by atoms with Crippen molar-refractivity contribution < 1.29 is 8.42 Å². The summed E-state index contributed by atoms with van der Waals surface area (Å²) in [6.07, 6.45) is 0. The molecule has 0 saturated carbocycles. The number of halogens is 1. The van der Waals surface area contributed by atoms with E-state index < -0.39 is 10.0 Å². The summed E-state index contributed by atoms with van der Waals surface area (Å²) in [5, 5.41) is 3.65. The molecule has 0 spiro atoms. The highest BCUT2D eigenvalue weighted by Gasteiger charge is 2.54. The molecule has 2 unspecified atom stereocenters. The third-order valence-electron chi connectivity index (χ3n) is 4.70. The van der Waals surface area contributed by atoms with Gasteiger partial charge < -0.3 is 5.32 Å². The van der Waals surface area contributed by atoms with Crippen LogP contribution in [-0.2, 0) is 10.0 Å². The quantitative estimate of drug-likeness (QED) is 0.908. The number of hydrogen-bond donors (Lipinski definition) is 1. The monoisotopic (exact) mass is 314 g/mol. The van der Waals surface area contributed by atoms with E-state index in [9.17, 15) is 8.42 Å². The van der Waals surface area contributed by atoms with E-state index in [-0.39, 0.29) is 10.4 Å². The zero-order valence-corrected chi connectivity index (χ0v) is 13.2. The summed E-state index contributed by atoms with van der Waals surface area (Å²) in [6, 6.07) is 6.67. The van der Waals surface area contributed by atoms with Crippen LogP contribution in [0, 0.1) is 11.8 Å². The summed E-state index contributed by atoms with van der Waals surface area (Å²) in [6.45, 7) is 6.37. The zero-order valence-electron chi connectivity index (χ0n) is 11.6. The first kappa shape index (κ1) is 14.3. The first-order valence-electron chi connectivity index (χ1n) is 6.83. The van der Waals surface area contributed by atoms with Crippen molar-refractivity contribution in [3.63, 3.8) is 0 Å². The van der Waals surface area contributed by atoms with E-state index in [4.69, 9.17) is 11.6 Å². The molecule has 20 heavy (non-hydrogen) atoms. The third-order valence-corrected chi connectivity index (χ3v) is 7.25. The molecule has 2 fully saturated rings. The predicted octanol–water partition coefficient (Wildman–Crippen LogP) is 1.96. The minimum Gasteiger partial charge on any atom is -0.316 e. The van der Waals surface area contributed by atoms with Gasteiger partial charge in [-0.25, -0.2) is 8.42 Å². The summed E-state index contributed by atoms with van der Waals surface area (Å²) in [5.74, 6) is 0.752. The van der Waals surface area contributed by atoms with Crippen LogP contribution in [0.4, 0.5) is 0 Å². The Morgan fingerprint density at radius 1 is 1.30 bits per heavy atom. The highest BCUT2D eigenvalue weighted by Crippen LogP contribution is 2.44. The molecule has 3 rings (SSSR count). The largest absolute Gasteiger partial charge is 0.316 e. The normalized spacial score (nSPS) is 29.6. The summed E-state index contributed by atoms with van der Waals surface area (Å²) in [4.78, 5) is 0.211. The summed E-state index contributed by atoms with van der Waals surface area (Å²) < 4.78 is 27.5. The molecule has 2 aliphatic rings. The summed E-state index contributed by atoms with van der Waals surface area (Å²) in [7, 11) is -3.55. The molecular weight excluding hydrogens is 296 g/mol. The molecule has 2 atom stereocenters. The molecule has 2 saturated heterocycles. The Morgan fingerprint density at radius 3 is 2.65 bits per heavy atom. The van der Waals surface area contributed by atoms with E-state index >= 15 is 0 Å². The molecule has 1 N–H and O–H groups in total. The Bertz CT molecular complexity index is 630. The van der Waals surface area contributed by atoms with Gasteiger partial charge in [-0.1, -0.05) is 23.7 Å². The molecule has 0 radical (unpaired) electrons. The fourth-order valence-electron chi connectivity index (χ4n) is 3.57. The maximum Gasteiger partial charge on any atom is 0.245 e. The average molecular weight is 315 g/mol. The van der Waals surface area contributed by atoms with Gasteiger partial charge in [0.15, 0.2) is 0 Å². The second kappa shape index (κ2) is 4.70. The van der Waals surface area contributed by atoms with Crippen molar-refractivity contribution in [2.45, 2.75) is 24.3 Å². The van der Waals surface area contributed by atoms with Gasteiger partial charge in [-0.05, 0) is 44.4 Å². The molecule has 1 aromatic rings. The Labute approximate surface area is 125 Å². The summed E-state index contributed by atoms with van der Waals surface area (Å²) in [5.41, 5.74) is -0.383. The first-order valence-corrected chi connectivity index (χ1v) is 8.65. The molecule has 110 valence electrons. The fraction of sp³-hybridized carbons (Fsp3) is 0.571. The van der Waals surface area contributed by atoms with Crippen LogP contribution in [-0.4, -0.2) is 37.9 Å². The van der Waals surface area contributed by atoms with Crippen LogP contribution in [0.1, 0.15) is 13.8 Å². The highest BCUT2D eigenvalue weighted by atomic mass is 35.5. The molecule has 6 heteroatoms. The topological polar surface area (TPSA) is 49.4 Å². The molecule has 2 heterocycles. The van der Waals surface area contributed by atoms with Crippen molar-refractivity contribution in [3.05, 3.63) is 29.3 Å². The molecule has 1 aromatic carbocycles. The van der Waals surface area contributed by atoms with Crippen molar-refractivity contribution in [2.24, 2.45) is 11.8 Å². The van der Waals surface area contributed by atoms with E-state index in [2.05, 4.69) is 5.32 Å². The van der Waals surface area contributed by atoms with Crippen molar-refractivity contribution in [3.8, 4) is 0 Å². The van der Waals surface area contributed by atoms with Gasteiger partial charge >= 0.3 is 0 Å². The summed E-state index contributed by atoms with van der Waals surface area (Å²) >= 11 is 6.08. The second-order valence-electron chi connectivity index (χ2n) is 6.15. The lowest BCUT2D eigenvalue weighted by Gasteiger charge is -2.34. The van der Waals surface area contributed by atoms with Crippen molar-refractivity contribution in [2.75, 3.05) is 19.6 Å². The van der Waals surface area contributed by atoms with Crippen LogP contribution in [0.2, 0.25) is 5.02 Å². The van der Waals surface area contributed by atoms with Crippen LogP contribution >= 0.6 is 11.6 Å². The van der Waals surface area contributed by atoms with E-state index in [0.29, 0.717) is 23.4 Å². The standard InChI is InChI=1S/C14H19ClN2O2S/c1-14(2)11-8-16-7-10(11)9-17(14)20(18,19)13-6-4-3-5-12(13)15/h3-6,10-11,16H,7-9H2,1-2H3. The number of nitrogens with one attached hydrogen (secondary N) is 1. The minimum atomic E-state index is -3.55. The SMILES string of the molecule is CC1(C)C2CNCC2CN1S(=O)(=O)c1ccccc1Cl. The number of rotatable bonds is 2. The first-order chi connectivity index (χ1) is 9.35. The Kier molecular flexibility index (Phi) is 3.36. The molecule has 4 nitrogen and oxygen atoms in total. The minimum absolute atomic E-state index is 0.211. The lowest BCUT2D eigenvalue weighted by atomic mass is 9.85. The van der Waals surface area contributed by atoms with Gasteiger partial charge in [0.1, 0.15) is 4.90 Å². The van der Waals surface area contributed by atoms with E-state index in [1.165, 1.54) is 0 Å². The van der Waals surface area contributed by atoms with Gasteiger partial charge in [0.25, 0.3) is 0 Å². The van der Waals surface area contributed by atoms with Crippen LogP contribution in [0.3, 0.4) is 0 Å². The predicted molar refractivity (Wildman–Crippen MR) is 79.3 cm³/mol. The Morgan fingerprint density at radius 2 is 2.00 bits per heavy atom. The maximum absolute atomic E-state index is 12.9. The lowest BCUT2D eigenvalue weighted by molar-refractivity contribution is 0.233. The van der Waals surface area contributed by atoms with Gasteiger partial charge in [-0.3, -0.25) is 0 Å². The number of sulfonamides is 1. The lowest BCUT2D eigenvalue weighted by Crippen LogP contribution is -2.47. The Balaban J connectivity index is 2.03. The van der Waals surface area contributed by atoms with Gasteiger partial charge in [0.2, 0.25) is 10.0 Å². The fourth-order valence-corrected chi connectivity index (χ4v) is 5.94. The van der Waals surface area contributed by atoms with E-state index in [1.54, 1.807) is 28.6 Å². The van der Waals surface area contributed by atoms with Crippen molar-refractivity contribution in [1.82, 2.24) is 9.62 Å². The van der Waals surface area contributed by atoms with Crippen LogP contribution < -0.4 is 5.32 Å². The van der Waals surface area contributed by atoms with Gasteiger partial charge in [-0.15, -0.1) is 0 Å². The number of fused-ring (bicyclic) bond motifs is 1. The van der Waals surface area contributed by atoms with Crippen LogP contribution in [0.5, 0.6) is 0 Å². The Hall–Kier alpha value is -0.620. The van der Waals surface area contributed by atoms with Crippen LogP contribution in [0.15, 0.2) is 29.2 Å². The van der Waals surface area contributed by atoms with E-state index in [1.807, 2.05) is 13.8 Å². The van der Waals surface area contributed by atoms with Crippen molar-refractivity contribution in [1.29, 1.82) is 0 Å². The molecule has 0 aliphatic carbocycles. The second-order valence-corrected chi connectivity index (χ2v) is 8.38. The van der Waals surface area contributed by atoms with Gasteiger partial charge in [-0.2, -0.15) is 4.31 Å². The van der Waals surface area contributed by atoms with Crippen molar-refractivity contribution >= 4 is 21.6 Å². The molecular formula is C14H19ClN2O2S. The number of nitrogens with zero attached hydrogens (tertiary/aromatic N) is 1. The molecule has 0 amide bonds. The van der Waals surface area contributed by atoms with Gasteiger partial charge in [0.05, 0.1) is 5.02 Å².